The van der Waals surface area contributed by atoms with Crippen molar-refractivity contribution in [3.63, 3.8) is 0 Å². The van der Waals surface area contributed by atoms with E-state index in [2.05, 4.69) is 71.3 Å². The van der Waals surface area contributed by atoms with E-state index in [1.807, 2.05) is 91.0 Å². The molecular formula is C54H34N2O. The zero-order chi connectivity index (χ0) is 43.5. The Balaban J connectivity index is 1.13. The maximum absolute atomic E-state index is 9.95. The molecule has 0 amide bonds. The molecule has 57 heavy (non-hydrogen) atoms. The smallest absolute Gasteiger partial charge is 0.137 e. The first-order chi connectivity index (χ1) is 31.2. The molecule has 3 aromatic heterocycles. The van der Waals surface area contributed by atoms with E-state index in [1.165, 1.54) is 0 Å². The Morgan fingerprint density at radius 1 is 0.368 bits per heavy atom. The molecule has 0 atom stereocenters. The molecule has 0 N–H and O–H groups in total. The lowest BCUT2D eigenvalue weighted by Crippen LogP contribution is -1.94. The normalized spacial score (nSPS) is 13.6. The maximum atomic E-state index is 9.95. The van der Waals surface area contributed by atoms with Crippen molar-refractivity contribution in [2.75, 3.05) is 0 Å². The summed E-state index contributed by atoms with van der Waals surface area (Å²) >= 11 is 0. The third-order valence-corrected chi connectivity index (χ3v) is 11.2. The number of furan rings is 1. The van der Waals surface area contributed by atoms with Crippen molar-refractivity contribution < 1.29 is 14.0 Å². The van der Waals surface area contributed by atoms with Crippen molar-refractivity contribution in [2.24, 2.45) is 0 Å². The lowest BCUT2D eigenvalue weighted by Gasteiger charge is -2.10. The first kappa shape index (κ1) is 25.5. The summed E-state index contributed by atoms with van der Waals surface area (Å²) in [5.74, 6) is 0. The quantitative estimate of drug-likeness (QED) is 0.173. The van der Waals surface area contributed by atoms with Gasteiger partial charge in [-0.3, -0.25) is 0 Å². The van der Waals surface area contributed by atoms with Crippen molar-refractivity contribution in [2.45, 2.75) is 0 Å². The minimum atomic E-state index is -0.439. The molecule has 3 heterocycles. The average Bonchev–Trinajstić information content (AvgIpc) is 4.01. The predicted molar refractivity (Wildman–Crippen MR) is 239 cm³/mol. The van der Waals surface area contributed by atoms with Gasteiger partial charge in [0.1, 0.15) is 11.2 Å². The van der Waals surface area contributed by atoms with Crippen molar-refractivity contribution in [3.05, 3.63) is 206 Å². The third kappa shape index (κ3) is 4.92. The van der Waals surface area contributed by atoms with E-state index in [1.54, 1.807) is 10.6 Å². The summed E-state index contributed by atoms with van der Waals surface area (Å²) in [5.41, 5.74) is 9.93. The summed E-state index contributed by atoms with van der Waals surface area (Å²) in [5, 5.41) is 3.98. The number of para-hydroxylation sites is 2. The highest BCUT2D eigenvalue weighted by Gasteiger charge is 2.19. The molecule has 0 spiro atoms. The molecule has 0 aliphatic heterocycles. The lowest BCUT2D eigenvalue weighted by atomic mass is 9.97. The van der Waals surface area contributed by atoms with Crippen LogP contribution in [0.15, 0.2) is 211 Å². The van der Waals surface area contributed by atoms with Crippen LogP contribution in [-0.2, 0) is 0 Å². The Hall–Kier alpha value is -7.62. The molecule has 0 unspecified atom stereocenters. The largest absolute Gasteiger partial charge is 0.456 e. The van der Waals surface area contributed by atoms with Crippen molar-refractivity contribution in [3.8, 4) is 44.8 Å². The molecule has 0 fully saturated rings. The monoisotopic (exact) mass is 733 g/mol. The third-order valence-electron chi connectivity index (χ3n) is 11.2. The van der Waals surface area contributed by atoms with Gasteiger partial charge in [0, 0.05) is 49.8 Å². The highest BCUT2D eigenvalue weighted by molar-refractivity contribution is 6.17. The van der Waals surface area contributed by atoms with Gasteiger partial charge >= 0.3 is 0 Å². The van der Waals surface area contributed by atoms with Gasteiger partial charge in [-0.2, -0.15) is 0 Å². The van der Waals surface area contributed by atoms with Crippen LogP contribution in [0.1, 0.15) is 9.60 Å². The second-order valence-corrected chi connectivity index (χ2v) is 14.4. The van der Waals surface area contributed by atoms with E-state index in [-0.39, 0.29) is 57.6 Å². The topological polar surface area (TPSA) is 23.0 Å². The second-order valence-electron chi connectivity index (χ2n) is 14.4. The fraction of sp³-hybridized carbons (Fsp3) is 0. The number of rotatable bonds is 5. The molecule has 0 saturated carbocycles. The first-order valence-corrected chi connectivity index (χ1v) is 18.9. The summed E-state index contributed by atoms with van der Waals surface area (Å²) in [6, 6.07) is 52.4. The van der Waals surface area contributed by atoms with Crippen LogP contribution < -0.4 is 0 Å². The van der Waals surface area contributed by atoms with Crippen LogP contribution >= 0.6 is 0 Å². The van der Waals surface area contributed by atoms with E-state index in [0.717, 1.165) is 60.5 Å². The molecule has 12 aromatic rings. The van der Waals surface area contributed by atoms with Gasteiger partial charge in [-0.15, -0.1) is 0 Å². The predicted octanol–water partition coefficient (Wildman–Crippen LogP) is 14.8. The molecule has 3 heteroatoms. The lowest BCUT2D eigenvalue weighted by molar-refractivity contribution is 0.668. The minimum absolute atomic E-state index is 0.0996. The molecule has 12 rings (SSSR count). The van der Waals surface area contributed by atoms with Gasteiger partial charge in [0.2, 0.25) is 0 Å². The summed E-state index contributed by atoms with van der Waals surface area (Å²) in [4.78, 5) is 0. The Bertz CT molecular complexity index is 3910. The molecular weight excluding hydrogens is 693 g/mol. The van der Waals surface area contributed by atoms with Crippen LogP contribution in [0.25, 0.3) is 110 Å². The van der Waals surface area contributed by atoms with Gasteiger partial charge in [0.15, 0.2) is 0 Å². The van der Waals surface area contributed by atoms with Gasteiger partial charge in [-0.05, 0) is 100 Å². The van der Waals surface area contributed by atoms with E-state index in [4.69, 9.17) is 7.16 Å². The Morgan fingerprint density at radius 3 is 1.91 bits per heavy atom. The number of fused-ring (bicyclic) bond motifs is 9. The molecule has 9 aromatic carbocycles. The van der Waals surface area contributed by atoms with Gasteiger partial charge in [0.05, 0.1) is 31.7 Å². The maximum Gasteiger partial charge on any atom is 0.137 e. The summed E-state index contributed by atoms with van der Waals surface area (Å²) in [7, 11) is 0. The Labute approximate surface area is 338 Å². The summed E-state index contributed by atoms with van der Waals surface area (Å²) in [6.07, 6.45) is 0. The van der Waals surface area contributed by atoms with Gasteiger partial charge in [0.25, 0.3) is 0 Å². The van der Waals surface area contributed by atoms with E-state index in [0.29, 0.717) is 22.4 Å². The minimum Gasteiger partial charge on any atom is -0.456 e. The fourth-order valence-electron chi connectivity index (χ4n) is 8.57. The van der Waals surface area contributed by atoms with Gasteiger partial charge < -0.3 is 13.6 Å². The molecule has 3 nitrogen and oxygen atoms in total. The fourth-order valence-corrected chi connectivity index (χ4v) is 8.57. The highest BCUT2D eigenvalue weighted by Crippen LogP contribution is 2.42. The summed E-state index contributed by atoms with van der Waals surface area (Å²) in [6.45, 7) is 0. The Morgan fingerprint density at radius 2 is 1.05 bits per heavy atom. The van der Waals surface area contributed by atoms with Crippen LogP contribution in [-0.4, -0.2) is 9.13 Å². The van der Waals surface area contributed by atoms with Crippen LogP contribution in [0.2, 0.25) is 0 Å². The molecule has 0 saturated heterocycles. The standard InChI is InChI=1S/C54H34N2O/c1-3-12-35(13-4-1)36-22-26-40(27-23-36)55-50-31-25-39(33-47(50)54-42(18-11-20-51(54)55)37-14-5-2-6-15-37)38-24-30-49-46(32-38)43-16-7-9-19-48(43)56(49)41-28-29-45-44-17-8-10-21-52(44)57-53(45)34-41/h1-34H/i7D,9D,16D,19D,24D,30D,32D. The number of hydrogen-bond donors (Lipinski definition) is 0. The number of aromatic nitrogens is 2. The number of benzene rings is 9. The van der Waals surface area contributed by atoms with E-state index in [9.17, 15) is 6.85 Å². The van der Waals surface area contributed by atoms with Crippen molar-refractivity contribution >= 4 is 65.6 Å². The number of hydrogen-bond acceptors (Lipinski definition) is 1. The van der Waals surface area contributed by atoms with Crippen LogP contribution in [0.4, 0.5) is 0 Å². The average molecular weight is 734 g/mol. The van der Waals surface area contributed by atoms with E-state index >= 15 is 0 Å². The molecule has 0 aliphatic rings. The van der Waals surface area contributed by atoms with E-state index < -0.39 is 12.1 Å². The first-order valence-electron chi connectivity index (χ1n) is 22.4. The Kier molecular flexibility index (Phi) is 5.56. The van der Waals surface area contributed by atoms with Gasteiger partial charge in [-0.1, -0.05) is 133 Å². The molecule has 0 radical (unpaired) electrons. The molecule has 266 valence electrons. The number of nitrogens with zero attached hydrogens (tertiary/aromatic N) is 2. The van der Waals surface area contributed by atoms with Crippen LogP contribution in [0.3, 0.4) is 0 Å². The van der Waals surface area contributed by atoms with Gasteiger partial charge in [-0.25, -0.2) is 0 Å². The zero-order valence-corrected chi connectivity index (χ0v) is 30.4. The summed E-state index contributed by atoms with van der Waals surface area (Å²) < 4.78 is 75.2. The van der Waals surface area contributed by atoms with Crippen molar-refractivity contribution in [1.29, 1.82) is 0 Å². The zero-order valence-electron chi connectivity index (χ0n) is 37.4. The second kappa shape index (κ2) is 12.5. The molecule has 0 aliphatic carbocycles. The van der Waals surface area contributed by atoms with Crippen LogP contribution in [0.5, 0.6) is 0 Å². The van der Waals surface area contributed by atoms with Crippen molar-refractivity contribution in [1.82, 2.24) is 9.13 Å². The highest BCUT2D eigenvalue weighted by atomic mass is 16.3. The SMILES string of the molecule is [2H]c1c([2H])c([2H])c2c(c1[2H])c1c([2H])c(-c3ccc4c(c3)c3c(-c5ccccc5)cccc3n4-c3ccc(-c4ccccc4)cc3)c([2H])c([2H])c1n2-c1ccc2c(c1)oc1ccccc12. The van der Waals surface area contributed by atoms with Crippen LogP contribution in [0, 0.1) is 0 Å². The molecule has 0 bridgehead atoms.